The molecule has 0 spiro atoms. The Kier molecular flexibility index (Phi) is 11.8. The third kappa shape index (κ3) is 9.83. The summed E-state index contributed by atoms with van der Waals surface area (Å²) in [5.41, 5.74) is 5.84. The summed E-state index contributed by atoms with van der Waals surface area (Å²) in [5.74, 6) is 1.36. The van der Waals surface area contributed by atoms with Gasteiger partial charge in [-0.1, -0.05) is 13.8 Å². The first-order chi connectivity index (χ1) is 8.63. The van der Waals surface area contributed by atoms with Gasteiger partial charge in [0.25, 0.3) is 0 Å². The van der Waals surface area contributed by atoms with Gasteiger partial charge in [-0.25, -0.2) is 0 Å². The van der Waals surface area contributed by atoms with Crippen molar-refractivity contribution in [3.8, 4) is 0 Å². The van der Waals surface area contributed by atoms with Gasteiger partial charge in [-0.15, -0.1) is 0 Å². The van der Waals surface area contributed by atoms with E-state index in [1.165, 1.54) is 12.8 Å². The first kappa shape index (κ1) is 17.8. The van der Waals surface area contributed by atoms with Crippen LogP contribution in [-0.4, -0.2) is 58.5 Å². The molecule has 0 bridgehead atoms. The molecule has 0 saturated heterocycles. The topological polar surface area (TPSA) is 47.7 Å². The lowest BCUT2D eigenvalue weighted by atomic mass is 9.94. The molecule has 1 unspecified atom stereocenters. The van der Waals surface area contributed by atoms with E-state index in [1.54, 1.807) is 14.2 Å². The fourth-order valence-electron chi connectivity index (χ4n) is 2.14. The van der Waals surface area contributed by atoms with Crippen molar-refractivity contribution in [2.75, 3.05) is 53.6 Å². The molecular weight excluding hydrogens is 228 g/mol. The van der Waals surface area contributed by atoms with E-state index in [9.17, 15) is 0 Å². The summed E-state index contributed by atoms with van der Waals surface area (Å²) in [5, 5.41) is 0. The van der Waals surface area contributed by atoms with Crippen molar-refractivity contribution in [1.29, 1.82) is 0 Å². The van der Waals surface area contributed by atoms with Crippen molar-refractivity contribution >= 4 is 0 Å². The lowest BCUT2D eigenvalue weighted by Crippen LogP contribution is -2.33. The zero-order valence-corrected chi connectivity index (χ0v) is 12.7. The molecule has 2 N–H and O–H groups in total. The van der Waals surface area contributed by atoms with Gasteiger partial charge < -0.3 is 15.2 Å². The van der Waals surface area contributed by atoms with Crippen molar-refractivity contribution in [3.05, 3.63) is 0 Å². The third-order valence-corrected chi connectivity index (χ3v) is 3.21. The molecule has 0 aliphatic heterocycles. The SMILES string of the molecule is COCCN(CCOC)CCC(CN)CC(C)C. The molecule has 0 aliphatic carbocycles. The van der Waals surface area contributed by atoms with Crippen molar-refractivity contribution in [3.63, 3.8) is 0 Å². The normalized spacial score (nSPS) is 13.5. The Morgan fingerprint density at radius 3 is 1.94 bits per heavy atom. The first-order valence-corrected chi connectivity index (χ1v) is 7.04. The maximum Gasteiger partial charge on any atom is 0.0589 e. The van der Waals surface area contributed by atoms with Crippen LogP contribution in [0.4, 0.5) is 0 Å². The minimum Gasteiger partial charge on any atom is -0.383 e. The second kappa shape index (κ2) is 11.9. The molecule has 0 aromatic heterocycles. The van der Waals surface area contributed by atoms with Gasteiger partial charge >= 0.3 is 0 Å². The molecule has 0 heterocycles. The minimum absolute atomic E-state index is 0.637. The summed E-state index contributed by atoms with van der Waals surface area (Å²) in [7, 11) is 3.49. The number of hydrogen-bond donors (Lipinski definition) is 1. The number of nitrogens with zero attached hydrogens (tertiary/aromatic N) is 1. The van der Waals surface area contributed by atoms with Gasteiger partial charge in [0.1, 0.15) is 0 Å². The van der Waals surface area contributed by atoms with Gasteiger partial charge in [0.05, 0.1) is 13.2 Å². The first-order valence-electron chi connectivity index (χ1n) is 7.04. The smallest absolute Gasteiger partial charge is 0.0589 e. The average Bonchev–Trinajstić information content (AvgIpc) is 2.35. The summed E-state index contributed by atoms with van der Waals surface area (Å²) in [6.07, 6.45) is 2.39. The van der Waals surface area contributed by atoms with Crippen LogP contribution in [0.5, 0.6) is 0 Å². The molecular formula is C14H32N2O2. The van der Waals surface area contributed by atoms with Crippen LogP contribution in [0.25, 0.3) is 0 Å². The second-order valence-electron chi connectivity index (χ2n) is 5.35. The highest BCUT2D eigenvalue weighted by molar-refractivity contribution is 4.66. The van der Waals surface area contributed by atoms with E-state index >= 15 is 0 Å². The van der Waals surface area contributed by atoms with E-state index < -0.39 is 0 Å². The Morgan fingerprint density at radius 2 is 1.56 bits per heavy atom. The molecule has 18 heavy (non-hydrogen) atoms. The number of nitrogens with two attached hydrogens (primary N) is 1. The predicted molar refractivity (Wildman–Crippen MR) is 76.8 cm³/mol. The van der Waals surface area contributed by atoms with E-state index in [-0.39, 0.29) is 0 Å². The van der Waals surface area contributed by atoms with Crippen molar-refractivity contribution in [2.45, 2.75) is 26.7 Å². The van der Waals surface area contributed by atoms with Gasteiger partial charge in [-0.2, -0.15) is 0 Å². The molecule has 0 radical (unpaired) electrons. The molecule has 0 aromatic carbocycles. The third-order valence-electron chi connectivity index (χ3n) is 3.21. The second-order valence-corrected chi connectivity index (χ2v) is 5.35. The molecule has 4 nitrogen and oxygen atoms in total. The molecule has 110 valence electrons. The standard InChI is InChI=1S/C14H32N2O2/c1-13(2)11-14(12-15)5-6-16(7-9-17-3)8-10-18-4/h13-14H,5-12,15H2,1-4H3. The molecule has 0 saturated carbocycles. The summed E-state index contributed by atoms with van der Waals surface area (Å²) in [4.78, 5) is 2.40. The Labute approximate surface area is 113 Å². The van der Waals surface area contributed by atoms with Crippen LogP contribution in [0.15, 0.2) is 0 Å². The summed E-state index contributed by atoms with van der Waals surface area (Å²) in [6, 6.07) is 0. The zero-order chi connectivity index (χ0) is 13.8. The number of hydrogen-bond acceptors (Lipinski definition) is 4. The highest BCUT2D eigenvalue weighted by Gasteiger charge is 2.12. The Morgan fingerprint density at radius 1 is 1.00 bits per heavy atom. The highest BCUT2D eigenvalue weighted by atomic mass is 16.5. The van der Waals surface area contributed by atoms with Gasteiger partial charge in [0.2, 0.25) is 0 Å². The molecule has 4 heteroatoms. The lowest BCUT2D eigenvalue weighted by molar-refractivity contribution is 0.109. The van der Waals surface area contributed by atoms with Crippen molar-refractivity contribution < 1.29 is 9.47 Å². The van der Waals surface area contributed by atoms with Crippen LogP contribution >= 0.6 is 0 Å². The van der Waals surface area contributed by atoms with Crippen LogP contribution in [0.3, 0.4) is 0 Å². The molecule has 1 atom stereocenters. The van der Waals surface area contributed by atoms with Crippen LogP contribution < -0.4 is 5.73 Å². The van der Waals surface area contributed by atoms with Crippen LogP contribution in [0, 0.1) is 11.8 Å². The molecule has 0 fully saturated rings. The van der Waals surface area contributed by atoms with E-state index in [0.717, 1.165) is 45.3 Å². The fourth-order valence-corrected chi connectivity index (χ4v) is 2.14. The van der Waals surface area contributed by atoms with Crippen molar-refractivity contribution in [2.24, 2.45) is 17.6 Å². The van der Waals surface area contributed by atoms with Gasteiger partial charge in [0.15, 0.2) is 0 Å². The van der Waals surface area contributed by atoms with E-state index in [4.69, 9.17) is 15.2 Å². The Balaban J connectivity index is 3.96. The zero-order valence-electron chi connectivity index (χ0n) is 12.7. The van der Waals surface area contributed by atoms with Crippen LogP contribution in [0.2, 0.25) is 0 Å². The van der Waals surface area contributed by atoms with Gasteiger partial charge in [-0.3, -0.25) is 4.90 Å². The van der Waals surface area contributed by atoms with Crippen LogP contribution in [-0.2, 0) is 9.47 Å². The molecule has 0 rings (SSSR count). The summed E-state index contributed by atoms with van der Waals surface area (Å²) < 4.78 is 10.3. The maximum atomic E-state index is 5.84. The fraction of sp³-hybridized carbons (Fsp3) is 1.00. The number of ether oxygens (including phenoxy) is 2. The average molecular weight is 260 g/mol. The number of methoxy groups -OCH3 is 2. The summed E-state index contributed by atoms with van der Waals surface area (Å²) >= 11 is 0. The largest absolute Gasteiger partial charge is 0.383 e. The van der Waals surface area contributed by atoms with Crippen molar-refractivity contribution in [1.82, 2.24) is 4.90 Å². The monoisotopic (exact) mass is 260 g/mol. The lowest BCUT2D eigenvalue weighted by Gasteiger charge is -2.25. The number of rotatable bonds is 12. The van der Waals surface area contributed by atoms with Gasteiger partial charge in [-0.05, 0) is 37.8 Å². The molecule has 0 aliphatic rings. The maximum absolute atomic E-state index is 5.84. The predicted octanol–water partition coefficient (Wildman–Crippen LogP) is 1.59. The van der Waals surface area contributed by atoms with E-state index in [0.29, 0.717) is 5.92 Å². The Hall–Kier alpha value is -0.160. The van der Waals surface area contributed by atoms with E-state index in [1.807, 2.05) is 0 Å². The summed E-state index contributed by atoms with van der Waals surface area (Å²) in [6.45, 7) is 9.90. The quantitative estimate of drug-likeness (QED) is 0.579. The Bertz CT molecular complexity index is 169. The highest BCUT2D eigenvalue weighted by Crippen LogP contribution is 2.14. The molecule has 0 aromatic rings. The minimum atomic E-state index is 0.637. The molecule has 0 amide bonds. The van der Waals surface area contributed by atoms with Crippen LogP contribution in [0.1, 0.15) is 26.7 Å². The van der Waals surface area contributed by atoms with Gasteiger partial charge in [0, 0.05) is 27.3 Å². The van der Waals surface area contributed by atoms with E-state index in [2.05, 4.69) is 18.7 Å².